The first-order valence-electron chi connectivity index (χ1n) is 5.90. The fraction of sp³-hybridized carbons (Fsp3) is 0.500. The van der Waals surface area contributed by atoms with Crippen LogP contribution >= 0.6 is 15.9 Å². The average molecular weight is 352 g/mol. The van der Waals surface area contributed by atoms with Crippen LogP contribution in [0.5, 0.6) is 0 Å². The third-order valence-electron chi connectivity index (χ3n) is 2.40. The second-order valence-electron chi connectivity index (χ2n) is 4.10. The Morgan fingerprint density at radius 3 is 2.68 bits per heavy atom. The van der Waals surface area contributed by atoms with E-state index >= 15 is 0 Å². The Bertz CT molecular complexity index is 518. The molecule has 0 saturated carbocycles. The van der Waals surface area contributed by atoms with Gasteiger partial charge >= 0.3 is 0 Å². The summed E-state index contributed by atoms with van der Waals surface area (Å²) in [5, 5.41) is 9.00. The van der Waals surface area contributed by atoms with Gasteiger partial charge in [0.25, 0.3) is 0 Å². The van der Waals surface area contributed by atoms with Crippen molar-refractivity contribution in [1.82, 2.24) is 4.72 Å². The van der Waals surface area contributed by atoms with E-state index in [0.717, 1.165) is 0 Å². The van der Waals surface area contributed by atoms with Gasteiger partial charge in [0.15, 0.2) is 0 Å². The lowest BCUT2D eigenvalue weighted by Gasteiger charge is -2.15. The van der Waals surface area contributed by atoms with E-state index in [4.69, 9.17) is 9.84 Å². The zero-order chi connectivity index (χ0) is 14.5. The highest BCUT2D eigenvalue weighted by molar-refractivity contribution is 9.10. The number of benzene rings is 1. The van der Waals surface area contributed by atoms with Crippen LogP contribution in [0.2, 0.25) is 0 Å². The highest BCUT2D eigenvalue weighted by atomic mass is 79.9. The van der Waals surface area contributed by atoms with Crippen LogP contribution in [-0.4, -0.2) is 32.8 Å². The normalized spacial score (nSPS) is 13.5. The number of aliphatic hydroxyl groups excluding tert-OH is 1. The molecular weight excluding hydrogens is 334 g/mol. The minimum absolute atomic E-state index is 0.132. The summed E-state index contributed by atoms with van der Waals surface area (Å²) < 4.78 is 32.5. The van der Waals surface area contributed by atoms with Crippen molar-refractivity contribution in [2.24, 2.45) is 0 Å². The van der Waals surface area contributed by atoms with Crippen LogP contribution in [0.3, 0.4) is 0 Å². The molecule has 5 nitrogen and oxygen atoms in total. The number of ether oxygens (including phenoxy) is 1. The van der Waals surface area contributed by atoms with Gasteiger partial charge in [-0.3, -0.25) is 0 Å². The van der Waals surface area contributed by atoms with Crippen LogP contribution in [0, 0.1) is 0 Å². The van der Waals surface area contributed by atoms with Gasteiger partial charge in [-0.2, -0.15) is 0 Å². The molecule has 0 bridgehead atoms. The number of rotatable bonds is 7. The number of hydrogen-bond acceptors (Lipinski definition) is 4. The van der Waals surface area contributed by atoms with E-state index in [0.29, 0.717) is 23.2 Å². The summed E-state index contributed by atoms with van der Waals surface area (Å²) >= 11 is 3.20. The van der Waals surface area contributed by atoms with Crippen LogP contribution in [0.25, 0.3) is 0 Å². The molecule has 0 radical (unpaired) electrons. The maximum absolute atomic E-state index is 12.2. The molecule has 0 aromatic heterocycles. The lowest BCUT2D eigenvalue weighted by atomic mass is 10.2. The van der Waals surface area contributed by atoms with Crippen LogP contribution in [-0.2, 0) is 21.4 Å². The summed E-state index contributed by atoms with van der Waals surface area (Å²) in [6, 6.07) is 4.31. The molecule has 1 aromatic carbocycles. The van der Waals surface area contributed by atoms with E-state index in [1.165, 1.54) is 6.07 Å². The van der Waals surface area contributed by atoms with Gasteiger partial charge in [-0.1, -0.05) is 6.07 Å². The topological polar surface area (TPSA) is 75.6 Å². The van der Waals surface area contributed by atoms with Crippen molar-refractivity contribution in [3.05, 3.63) is 28.2 Å². The summed E-state index contributed by atoms with van der Waals surface area (Å²) in [6.07, 6.45) is 0. The monoisotopic (exact) mass is 351 g/mol. The van der Waals surface area contributed by atoms with Crippen molar-refractivity contribution in [2.75, 3.05) is 13.2 Å². The predicted molar refractivity (Wildman–Crippen MR) is 76.3 cm³/mol. The third-order valence-corrected chi connectivity index (χ3v) is 4.96. The Hall–Kier alpha value is -0.470. The van der Waals surface area contributed by atoms with Gasteiger partial charge in [-0.05, 0) is 47.5 Å². The first-order valence-corrected chi connectivity index (χ1v) is 8.17. The van der Waals surface area contributed by atoms with Crippen molar-refractivity contribution in [2.45, 2.75) is 31.4 Å². The zero-order valence-electron chi connectivity index (χ0n) is 10.9. The van der Waals surface area contributed by atoms with Gasteiger partial charge in [0, 0.05) is 17.1 Å². The second-order valence-corrected chi connectivity index (χ2v) is 6.64. The molecule has 0 aliphatic heterocycles. The molecule has 0 fully saturated rings. The number of sulfonamides is 1. The Labute approximate surface area is 122 Å². The Morgan fingerprint density at radius 1 is 1.47 bits per heavy atom. The highest BCUT2D eigenvalue weighted by Crippen LogP contribution is 2.23. The number of aliphatic hydroxyl groups is 1. The van der Waals surface area contributed by atoms with Crippen LogP contribution in [0.15, 0.2) is 27.6 Å². The smallest absolute Gasteiger partial charge is 0.242 e. The molecule has 7 heteroatoms. The van der Waals surface area contributed by atoms with Crippen LogP contribution in [0.4, 0.5) is 0 Å². The minimum atomic E-state index is -3.60. The molecule has 0 saturated heterocycles. The van der Waals surface area contributed by atoms with Gasteiger partial charge in [0.2, 0.25) is 10.0 Å². The summed E-state index contributed by atoms with van der Waals surface area (Å²) in [7, 11) is -3.60. The Kier molecular flexibility index (Phi) is 6.41. The number of hydrogen-bond donors (Lipinski definition) is 2. The first-order chi connectivity index (χ1) is 8.90. The molecule has 1 rings (SSSR count). The molecular formula is C12H18BrNO4S. The maximum atomic E-state index is 12.2. The summed E-state index contributed by atoms with van der Waals surface area (Å²) in [4.78, 5) is 0.146. The van der Waals surface area contributed by atoms with E-state index in [1.807, 2.05) is 6.92 Å². The predicted octanol–water partition coefficient (Wildman–Crippen LogP) is 1.64. The second kappa shape index (κ2) is 7.35. The fourth-order valence-electron chi connectivity index (χ4n) is 1.52. The quantitative estimate of drug-likeness (QED) is 0.782. The third kappa shape index (κ3) is 4.85. The van der Waals surface area contributed by atoms with Gasteiger partial charge in [0.1, 0.15) is 0 Å². The Morgan fingerprint density at radius 2 is 2.16 bits per heavy atom. The van der Waals surface area contributed by atoms with Crippen molar-refractivity contribution in [3.8, 4) is 0 Å². The number of halogens is 1. The average Bonchev–Trinajstić information content (AvgIpc) is 2.35. The molecule has 2 N–H and O–H groups in total. The minimum Gasteiger partial charge on any atom is -0.392 e. The summed E-state index contributed by atoms with van der Waals surface area (Å²) in [6.45, 7) is 4.32. The highest BCUT2D eigenvalue weighted by Gasteiger charge is 2.20. The number of nitrogens with one attached hydrogen (secondary N) is 1. The SMILES string of the molecule is CCOCC(C)NS(=O)(=O)c1ccc(CO)cc1Br. The molecule has 1 aromatic rings. The van der Waals surface area contributed by atoms with Crippen molar-refractivity contribution in [3.63, 3.8) is 0 Å². The van der Waals surface area contributed by atoms with Gasteiger partial charge < -0.3 is 9.84 Å². The lowest BCUT2D eigenvalue weighted by Crippen LogP contribution is -2.36. The lowest BCUT2D eigenvalue weighted by molar-refractivity contribution is 0.133. The maximum Gasteiger partial charge on any atom is 0.242 e. The molecule has 19 heavy (non-hydrogen) atoms. The van der Waals surface area contributed by atoms with Crippen molar-refractivity contribution < 1.29 is 18.3 Å². The van der Waals surface area contributed by atoms with E-state index in [1.54, 1.807) is 19.1 Å². The van der Waals surface area contributed by atoms with E-state index in [2.05, 4.69) is 20.7 Å². The van der Waals surface area contributed by atoms with Gasteiger partial charge in [-0.25, -0.2) is 13.1 Å². The van der Waals surface area contributed by atoms with Gasteiger partial charge in [-0.15, -0.1) is 0 Å². The molecule has 1 atom stereocenters. The van der Waals surface area contributed by atoms with Crippen molar-refractivity contribution >= 4 is 26.0 Å². The largest absolute Gasteiger partial charge is 0.392 e. The van der Waals surface area contributed by atoms with E-state index in [9.17, 15) is 8.42 Å². The summed E-state index contributed by atoms with van der Waals surface area (Å²) in [5.74, 6) is 0. The molecule has 0 heterocycles. The fourth-order valence-corrected chi connectivity index (χ4v) is 3.87. The van der Waals surface area contributed by atoms with Gasteiger partial charge in [0.05, 0.1) is 18.1 Å². The standard InChI is InChI=1S/C12H18BrNO4S/c1-3-18-8-9(2)14-19(16,17)12-5-4-10(7-15)6-11(12)13/h4-6,9,14-15H,3,7-8H2,1-2H3. The molecule has 108 valence electrons. The van der Waals surface area contributed by atoms with E-state index in [-0.39, 0.29) is 17.5 Å². The molecule has 0 amide bonds. The van der Waals surface area contributed by atoms with Crippen molar-refractivity contribution in [1.29, 1.82) is 0 Å². The zero-order valence-corrected chi connectivity index (χ0v) is 13.3. The van der Waals surface area contributed by atoms with Crippen LogP contribution in [0.1, 0.15) is 19.4 Å². The molecule has 0 aliphatic rings. The first kappa shape index (κ1) is 16.6. The Balaban J connectivity index is 2.88. The molecule has 1 unspecified atom stereocenters. The van der Waals surface area contributed by atoms with Crippen LogP contribution < -0.4 is 4.72 Å². The van der Waals surface area contributed by atoms with E-state index < -0.39 is 10.0 Å². The summed E-state index contributed by atoms with van der Waals surface area (Å²) in [5.41, 5.74) is 0.646. The molecule has 0 spiro atoms. The molecule has 0 aliphatic carbocycles.